The summed E-state index contributed by atoms with van der Waals surface area (Å²) in [5.74, 6) is 1.01. The predicted molar refractivity (Wildman–Crippen MR) is 61.7 cm³/mol. The normalized spacial score (nSPS) is 13.0. The minimum absolute atomic E-state index is 0.733. The Hall–Kier alpha value is -1.24. The van der Waals surface area contributed by atoms with Crippen molar-refractivity contribution >= 4 is 6.08 Å². The van der Waals surface area contributed by atoms with Gasteiger partial charge in [-0.15, -0.1) is 0 Å². The van der Waals surface area contributed by atoms with Gasteiger partial charge >= 0.3 is 0 Å². The Morgan fingerprint density at radius 2 is 1.86 bits per heavy atom. The Kier molecular flexibility index (Phi) is 3.75. The van der Waals surface area contributed by atoms with Gasteiger partial charge in [-0.25, -0.2) is 0 Å². The summed E-state index contributed by atoms with van der Waals surface area (Å²) < 4.78 is 5.55. The largest absolute Gasteiger partial charge is 0.489 e. The SMILES string of the molecule is CC.CC1=Cc2ccc(C)cc2OC1. The van der Waals surface area contributed by atoms with E-state index in [0.717, 1.165) is 12.4 Å². The van der Waals surface area contributed by atoms with Crippen molar-refractivity contribution in [3.63, 3.8) is 0 Å². The molecule has 0 N–H and O–H groups in total. The summed E-state index contributed by atoms with van der Waals surface area (Å²) in [6.45, 7) is 8.90. The van der Waals surface area contributed by atoms with Gasteiger partial charge in [-0.05, 0) is 37.1 Å². The predicted octanol–water partition coefficient (Wildman–Crippen LogP) is 3.82. The number of rotatable bonds is 0. The summed E-state index contributed by atoms with van der Waals surface area (Å²) in [4.78, 5) is 0. The molecule has 1 aliphatic rings. The van der Waals surface area contributed by atoms with Crippen molar-refractivity contribution in [3.8, 4) is 5.75 Å². The van der Waals surface area contributed by atoms with Crippen LogP contribution in [0.1, 0.15) is 31.9 Å². The van der Waals surface area contributed by atoms with Crippen molar-refractivity contribution < 1.29 is 4.74 Å². The molecule has 1 aromatic carbocycles. The van der Waals surface area contributed by atoms with Crippen LogP contribution < -0.4 is 4.74 Å². The first-order valence-electron chi connectivity index (χ1n) is 5.16. The Bertz CT molecular complexity index is 337. The van der Waals surface area contributed by atoms with Gasteiger partial charge in [0.15, 0.2) is 0 Å². The summed E-state index contributed by atoms with van der Waals surface area (Å²) in [7, 11) is 0. The Morgan fingerprint density at radius 3 is 2.57 bits per heavy atom. The van der Waals surface area contributed by atoms with Crippen LogP contribution in [0, 0.1) is 6.92 Å². The average molecular weight is 190 g/mol. The fourth-order valence-corrected chi connectivity index (χ4v) is 1.38. The molecule has 1 aromatic rings. The fraction of sp³-hybridized carbons (Fsp3) is 0.385. The second kappa shape index (κ2) is 4.85. The summed E-state index contributed by atoms with van der Waals surface area (Å²) in [6.07, 6.45) is 2.18. The van der Waals surface area contributed by atoms with Crippen LogP contribution in [-0.2, 0) is 0 Å². The van der Waals surface area contributed by atoms with Gasteiger partial charge in [0.1, 0.15) is 12.4 Å². The van der Waals surface area contributed by atoms with Crippen LogP contribution in [0.3, 0.4) is 0 Å². The highest BCUT2D eigenvalue weighted by atomic mass is 16.5. The number of aryl methyl sites for hydroxylation is 1. The molecule has 1 heterocycles. The summed E-state index contributed by atoms with van der Waals surface area (Å²) in [5.41, 5.74) is 3.73. The maximum atomic E-state index is 5.55. The van der Waals surface area contributed by atoms with Crippen LogP contribution in [0.2, 0.25) is 0 Å². The van der Waals surface area contributed by atoms with Crippen LogP contribution in [0.5, 0.6) is 5.75 Å². The first kappa shape index (κ1) is 10.8. The summed E-state index contributed by atoms with van der Waals surface area (Å²) in [5, 5.41) is 0. The molecule has 0 amide bonds. The molecule has 1 nitrogen and oxygen atoms in total. The van der Waals surface area contributed by atoms with Crippen LogP contribution in [0.15, 0.2) is 23.8 Å². The molecule has 14 heavy (non-hydrogen) atoms. The van der Waals surface area contributed by atoms with Gasteiger partial charge in [-0.1, -0.05) is 26.0 Å². The third kappa shape index (κ3) is 2.38. The van der Waals surface area contributed by atoms with E-state index in [9.17, 15) is 0 Å². The second-order valence-electron chi connectivity index (χ2n) is 3.32. The quantitative estimate of drug-likeness (QED) is 0.604. The van der Waals surface area contributed by atoms with E-state index in [0.29, 0.717) is 0 Å². The molecule has 0 fully saturated rings. The van der Waals surface area contributed by atoms with Crippen LogP contribution >= 0.6 is 0 Å². The van der Waals surface area contributed by atoms with E-state index < -0.39 is 0 Å². The molecular weight excluding hydrogens is 172 g/mol. The summed E-state index contributed by atoms with van der Waals surface area (Å²) in [6, 6.07) is 6.29. The molecule has 0 aromatic heterocycles. The molecule has 0 saturated carbocycles. The number of benzene rings is 1. The molecule has 0 radical (unpaired) electrons. The lowest BCUT2D eigenvalue weighted by atomic mass is 10.1. The molecule has 0 unspecified atom stereocenters. The molecule has 0 atom stereocenters. The maximum absolute atomic E-state index is 5.55. The highest BCUT2D eigenvalue weighted by Crippen LogP contribution is 2.26. The smallest absolute Gasteiger partial charge is 0.127 e. The molecule has 2 rings (SSSR count). The number of hydrogen-bond donors (Lipinski definition) is 0. The highest BCUT2D eigenvalue weighted by Gasteiger charge is 2.07. The van der Waals surface area contributed by atoms with E-state index in [1.807, 2.05) is 13.8 Å². The molecule has 0 saturated heterocycles. The van der Waals surface area contributed by atoms with Crippen molar-refractivity contribution in [3.05, 3.63) is 34.9 Å². The van der Waals surface area contributed by atoms with Gasteiger partial charge in [0, 0.05) is 5.56 Å². The van der Waals surface area contributed by atoms with Gasteiger partial charge < -0.3 is 4.74 Å². The zero-order valence-corrected chi connectivity index (χ0v) is 9.42. The van der Waals surface area contributed by atoms with Gasteiger partial charge in [-0.3, -0.25) is 0 Å². The molecule has 0 aliphatic carbocycles. The number of ether oxygens (including phenoxy) is 1. The standard InChI is InChI=1S/C11H12O.C2H6/c1-8-3-4-10-5-9(2)7-12-11(10)6-8;1-2/h3-6H,7H2,1-2H3;1-2H3. The zero-order chi connectivity index (χ0) is 10.6. The van der Waals surface area contributed by atoms with Gasteiger partial charge in [0.2, 0.25) is 0 Å². The van der Waals surface area contributed by atoms with Gasteiger partial charge in [-0.2, -0.15) is 0 Å². The highest BCUT2D eigenvalue weighted by molar-refractivity contribution is 5.62. The topological polar surface area (TPSA) is 9.23 Å². The summed E-state index contributed by atoms with van der Waals surface area (Å²) >= 11 is 0. The Balaban J connectivity index is 0.000000461. The third-order valence-corrected chi connectivity index (χ3v) is 2.03. The number of hydrogen-bond acceptors (Lipinski definition) is 1. The Labute approximate surface area is 86.4 Å². The minimum Gasteiger partial charge on any atom is -0.489 e. The van der Waals surface area contributed by atoms with E-state index in [2.05, 4.69) is 38.1 Å². The van der Waals surface area contributed by atoms with Gasteiger partial charge in [0.05, 0.1) is 0 Å². The Morgan fingerprint density at radius 1 is 1.14 bits per heavy atom. The minimum atomic E-state index is 0.733. The molecule has 0 spiro atoms. The lowest BCUT2D eigenvalue weighted by molar-refractivity contribution is 0.347. The third-order valence-electron chi connectivity index (χ3n) is 2.03. The lowest BCUT2D eigenvalue weighted by Gasteiger charge is -2.15. The van der Waals surface area contributed by atoms with Gasteiger partial charge in [0.25, 0.3) is 0 Å². The van der Waals surface area contributed by atoms with E-state index in [4.69, 9.17) is 4.74 Å². The first-order chi connectivity index (χ1) is 6.75. The number of fused-ring (bicyclic) bond motifs is 1. The van der Waals surface area contributed by atoms with Crippen LogP contribution in [-0.4, -0.2) is 6.61 Å². The molecule has 0 bridgehead atoms. The molecule has 1 aliphatic heterocycles. The van der Waals surface area contributed by atoms with E-state index in [-0.39, 0.29) is 0 Å². The van der Waals surface area contributed by atoms with Crippen molar-refractivity contribution in [2.24, 2.45) is 0 Å². The van der Waals surface area contributed by atoms with Crippen LogP contribution in [0.25, 0.3) is 6.08 Å². The average Bonchev–Trinajstić information content (AvgIpc) is 2.21. The van der Waals surface area contributed by atoms with Crippen LogP contribution in [0.4, 0.5) is 0 Å². The second-order valence-corrected chi connectivity index (χ2v) is 3.32. The van der Waals surface area contributed by atoms with Crippen molar-refractivity contribution in [2.45, 2.75) is 27.7 Å². The van der Waals surface area contributed by atoms with E-state index in [1.54, 1.807) is 0 Å². The lowest BCUT2D eigenvalue weighted by Crippen LogP contribution is -2.04. The first-order valence-corrected chi connectivity index (χ1v) is 5.16. The maximum Gasteiger partial charge on any atom is 0.127 e. The van der Waals surface area contributed by atoms with E-state index >= 15 is 0 Å². The van der Waals surface area contributed by atoms with E-state index in [1.165, 1.54) is 16.7 Å². The van der Waals surface area contributed by atoms with Crippen molar-refractivity contribution in [1.29, 1.82) is 0 Å². The zero-order valence-electron chi connectivity index (χ0n) is 9.42. The van der Waals surface area contributed by atoms with Crippen molar-refractivity contribution in [2.75, 3.05) is 6.61 Å². The molecule has 1 heteroatoms. The van der Waals surface area contributed by atoms with Crippen molar-refractivity contribution in [1.82, 2.24) is 0 Å². The monoisotopic (exact) mass is 190 g/mol. The fourth-order valence-electron chi connectivity index (χ4n) is 1.38. The molecular formula is C13H18O. The molecule has 76 valence electrons.